The molecule has 0 N–H and O–H groups in total. The van der Waals surface area contributed by atoms with Crippen LogP contribution in [0, 0.1) is 0 Å². The molecule has 1 fully saturated rings. The molecule has 0 saturated carbocycles. The highest BCUT2D eigenvalue weighted by atomic mass is 16.5. The lowest BCUT2D eigenvalue weighted by Gasteiger charge is -2.23. The zero-order chi connectivity index (χ0) is 23.3. The van der Waals surface area contributed by atoms with Crippen LogP contribution in [0.2, 0.25) is 0 Å². The third-order valence-corrected chi connectivity index (χ3v) is 7.62. The fourth-order valence-corrected chi connectivity index (χ4v) is 5.17. The Labute approximate surface area is 195 Å². The predicted octanol–water partition coefficient (Wildman–Crippen LogP) is 4.44. The first-order valence-electron chi connectivity index (χ1n) is 12.0. The van der Waals surface area contributed by atoms with Crippen molar-refractivity contribution in [2.75, 3.05) is 26.2 Å². The van der Waals surface area contributed by atoms with Crippen LogP contribution < -0.4 is 9.47 Å². The molecule has 2 aromatic carbocycles. The van der Waals surface area contributed by atoms with Gasteiger partial charge in [-0.25, -0.2) is 0 Å². The van der Waals surface area contributed by atoms with Crippen molar-refractivity contribution in [3.63, 3.8) is 0 Å². The standard InChI is InChI=1S/C27H32N2O4/c1-16-18(3)32-24-20(16)8-5-10-22(24)26(30)28-12-7-13-29(15-14-28)27(31)23-11-6-9-21-17(2)19(4)33-25(21)23/h5-6,8-11,16-19H,7,12-15H2,1-4H3. The van der Waals surface area contributed by atoms with Gasteiger partial charge in [0.15, 0.2) is 0 Å². The normalized spacial score (nSPS) is 26.2. The summed E-state index contributed by atoms with van der Waals surface area (Å²) in [4.78, 5) is 30.6. The molecule has 0 aromatic heterocycles. The molecule has 174 valence electrons. The lowest BCUT2D eigenvalue weighted by atomic mass is 9.96. The monoisotopic (exact) mass is 448 g/mol. The Balaban J connectivity index is 1.32. The summed E-state index contributed by atoms with van der Waals surface area (Å²) in [6.45, 7) is 10.6. The molecule has 1 saturated heterocycles. The van der Waals surface area contributed by atoms with E-state index < -0.39 is 0 Å². The van der Waals surface area contributed by atoms with E-state index in [9.17, 15) is 9.59 Å². The lowest BCUT2D eigenvalue weighted by Crippen LogP contribution is -2.37. The molecule has 3 aliphatic rings. The highest BCUT2D eigenvalue weighted by Crippen LogP contribution is 2.42. The van der Waals surface area contributed by atoms with Crippen molar-refractivity contribution in [2.45, 2.75) is 58.2 Å². The van der Waals surface area contributed by atoms with Crippen molar-refractivity contribution in [1.82, 2.24) is 9.80 Å². The first kappa shape index (κ1) is 21.8. The van der Waals surface area contributed by atoms with Gasteiger partial charge in [-0.3, -0.25) is 9.59 Å². The number of amides is 2. The fourth-order valence-electron chi connectivity index (χ4n) is 5.17. The van der Waals surface area contributed by atoms with Crippen LogP contribution in [0.25, 0.3) is 0 Å². The molecule has 3 aliphatic heterocycles. The number of nitrogens with zero attached hydrogens (tertiary/aromatic N) is 2. The Bertz CT molecular complexity index is 1010. The molecule has 33 heavy (non-hydrogen) atoms. The molecular weight excluding hydrogens is 416 g/mol. The van der Waals surface area contributed by atoms with Crippen LogP contribution in [-0.4, -0.2) is 60.0 Å². The zero-order valence-electron chi connectivity index (χ0n) is 19.8. The van der Waals surface area contributed by atoms with Crippen molar-refractivity contribution in [2.24, 2.45) is 0 Å². The summed E-state index contributed by atoms with van der Waals surface area (Å²) in [6, 6.07) is 11.7. The molecule has 0 radical (unpaired) electrons. The summed E-state index contributed by atoms with van der Waals surface area (Å²) in [5.74, 6) is 1.94. The average Bonchev–Trinajstić information content (AvgIpc) is 3.14. The molecule has 6 heteroatoms. The fraction of sp³-hybridized carbons (Fsp3) is 0.481. The summed E-state index contributed by atoms with van der Waals surface area (Å²) in [7, 11) is 0. The Morgan fingerprint density at radius 3 is 1.55 bits per heavy atom. The van der Waals surface area contributed by atoms with Crippen LogP contribution in [0.1, 0.15) is 77.8 Å². The molecular formula is C27H32N2O4. The average molecular weight is 449 g/mol. The summed E-state index contributed by atoms with van der Waals surface area (Å²) < 4.78 is 12.1. The molecule has 4 atom stereocenters. The van der Waals surface area contributed by atoms with E-state index in [4.69, 9.17) is 9.47 Å². The highest BCUT2D eigenvalue weighted by Gasteiger charge is 2.35. The number of hydrogen-bond acceptors (Lipinski definition) is 4. The second kappa shape index (κ2) is 8.40. The maximum atomic E-state index is 13.4. The SMILES string of the molecule is CC1Oc2c(C(=O)N3CCCN(C(=O)c4cccc5c4OC(C)C5C)CC3)cccc2C1C. The van der Waals surface area contributed by atoms with Crippen molar-refractivity contribution in [3.05, 3.63) is 58.7 Å². The van der Waals surface area contributed by atoms with Crippen molar-refractivity contribution >= 4 is 11.8 Å². The van der Waals surface area contributed by atoms with E-state index in [1.54, 1.807) is 0 Å². The summed E-state index contributed by atoms with van der Waals surface area (Å²) in [5.41, 5.74) is 3.45. The summed E-state index contributed by atoms with van der Waals surface area (Å²) in [6.07, 6.45) is 0.862. The zero-order valence-corrected chi connectivity index (χ0v) is 19.8. The Hall–Kier alpha value is -3.02. The minimum atomic E-state index is -0.0194. The van der Waals surface area contributed by atoms with Crippen molar-refractivity contribution < 1.29 is 19.1 Å². The van der Waals surface area contributed by atoms with Crippen LogP contribution in [0.4, 0.5) is 0 Å². The third kappa shape index (κ3) is 3.65. The van der Waals surface area contributed by atoms with Crippen LogP contribution >= 0.6 is 0 Å². The van der Waals surface area contributed by atoms with Crippen LogP contribution in [0.5, 0.6) is 11.5 Å². The maximum Gasteiger partial charge on any atom is 0.257 e. The molecule has 2 amide bonds. The van der Waals surface area contributed by atoms with Crippen molar-refractivity contribution in [3.8, 4) is 11.5 Å². The van der Waals surface area contributed by atoms with Gasteiger partial charge in [0.25, 0.3) is 11.8 Å². The number of carbonyl (C=O) groups is 2. The minimum Gasteiger partial charge on any atom is -0.489 e. The Morgan fingerprint density at radius 2 is 1.12 bits per heavy atom. The van der Waals surface area contributed by atoms with Gasteiger partial charge in [0.2, 0.25) is 0 Å². The smallest absolute Gasteiger partial charge is 0.257 e. The van der Waals surface area contributed by atoms with E-state index in [0.717, 1.165) is 29.0 Å². The lowest BCUT2D eigenvalue weighted by molar-refractivity contribution is 0.0713. The second-order valence-electron chi connectivity index (χ2n) is 9.61. The molecule has 0 spiro atoms. The van der Waals surface area contributed by atoms with E-state index in [-0.39, 0.29) is 35.9 Å². The van der Waals surface area contributed by atoms with Gasteiger partial charge in [0.1, 0.15) is 23.7 Å². The molecule has 0 aliphatic carbocycles. The number of fused-ring (bicyclic) bond motifs is 2. The largest absolute Gasteiger partial charge is 0.489 e. The van der Waals surface area contributed by atoms with Crippen LogP contribution in [-0.2, 0) is 0 Å². The van der Waals surface area contributed by atoms with E-state index >= 15 is 0 Å². The van der Waals surface area contributed by atoms with Gasteiger partial charge >= 0.3 is 0 Å². The van der Waals surface area contributed by atoms with Crippen LogP contribution in [0.3, 0.4) is 0 Å². The second-order valence-corrected chi connectivity index (χ2v) is 9.61. The van der Waals surface area contributed by atoms with Gasteiger partial charge in [-0.15, -0.1) is 0 Å². The van der Waals surface area contributed by atoms with Gasteiger partial charge < -0.3 is 19.3 Å². The van der Waals surface area contributed by atoms with E-state index in [0.29, 0.717) is 37.3 Å². The molecule has 6 nitrogen and oxygen atoms in total. The molecule has 3 heterocycles. The number of benzene rings is 2. The van der Waals surface area contributed by atoms with Gasteiger partial charge in [-0.05, 0) is 32.4 Å². The van der Waals surface area contributed by atoms with E-state index in [1.165, 1.54) is 0 Å². The van der Waals surface area contributed by atoms with Gasteiger partial charge in [0.05, 0.1) is 11.1 Å². The Kier molecular flexibility index (Phi) is 5.55. The minimum absolute atomic E-state index is 0.0194. The number of ether oxygens (including phenoxy) is 2. The number of carbonyl (C=O) groups excluding carboxylic acids is 2. The van der Waals surface area contributed by atoms with Gasteiger partial charge in [0, 0.05) is 49.1 Å². The molecule has 5 rings (SSSR count). The van der Waals surface area contributed by atoms with Crippen molar-refractivity contribution in [1.29, 1.82) is 0 Å². The van der Waals surface area contributed by atoms with E-state index in [1.807, 2.05) is 60.0 Å². The first-order chi connectivity index (χ1) is 15.9. The number of para-hydroxylation sites is 2. The first-order valence-corrected chi connectivity index (χ1v) is 12.0. The predicted molar refractivity (Wildman–Crippen MR) is 126 cm³/mol. The number of rotatable bonds is 2. The maximum absolute atomic E-state index is 13.4. The quantitative estimate of drug-likeness (QED) is 0.681. The summed E-state index contributed by atoms with van der Waals surface area (Å²) in [5, 5.41) is 0. The highest BCUT2D eigenvalue weighted by molar-refractivity contribution is 5.99. The third-order valence-electron chi connectivity index (χ3n) is 7.62. The molecule has 4 unspecified atom stereocenters. The summed E-state index contributed by atoms with van der Waals surface area (Å²) >= 11 is 0. The molecule has 2 aromatic rings. The van der Waals surface area contributed by atoms with Crippen LogP contribution in [0.15, 0.2) is 36.4 Å². The Morgan fingerprint density at radius 1 is 0.697 bits per heavy atom. The topological polar surface area (TPSA) is 59.1 Å². The van der Waals surface area contributed by atoms with E-state index in [2.05, 4.69) is 13.8 Å². The molecule has 0 bridgehead atoms. The van der Waals surface area contributed by atoms with Gasteiger partial charge in [-0.1, -0.05) is 38.1 Å². The van der Waals surface area contributed by atoms with Gasteiger partial charge in [-0.2, -0.15) is 0 Å². The number of hydrogen-bond donors (Lipinski definition) is 0.